The number of nitrogens with one attached hydrogen (secondary N) is 1. The Kier molecular flexibility index (Phi) is 3.89. The number of imidazole rings is 1. The van der Waals surface area contributed by atoms with Crippen molar-refractivity contribution in [2.45, 2.75) is 39.1 Å². The SMILES string of the molecule is CCc1nn2c(S(=O)(=O)Nc3ccc(C)cc3C)c(C)nc2s1. The highest BCUT2D eigenvalue weighted by atomic mass is 32.2. The Morgan fingerprint density at radius 3 is 2.65 bits per heavy atom. The molecule has 1 N–H and O–H groups in total. The van der Waals surface area contributed by atoms with Crippen LogP contribution in [0.3, 0.4) is 0 Å². The molecule has 0 aliphatic heterocycles. The molecule has 2 aromatic heterocycles. The van der Waals surface area contributed by atoms with Crippen LogP contribution in [0.1, 0.15) is 28.8 Å². The molecule has 6 nitrogen and oxygen atoms in total. The molecule has 0 bridgehead atoms. The summed E-state index contributed by atoms with van der Waals surface area (Å²) >= 11 is 1.41. The highest BCUT2D eigenvalue weighted by Crippen LogP contribution is 2.25. The van der Waals surface area contributed by atoms with Crippen LogP contribution in [-0.2, 0) is 16.4 Å². The summed E-state index contributed by atoms with van der Waals surface area (Å²) in [6.07, 6.45) is 0.747. The third-order valence-corrected chi connectivity index (χ3v) is 6.07. The van der Waals surface area contributed by atoms with Gasteiger partial charge in [-0.15, -0.1) is 0 Å². The van der Waals surface area contributed by atoms with Crippen molar-refractivity contribution in [1.82, 2.24) is 14.6 Å². The van der Waals surface area contributed by atoms with Crippen molar-refractivity contribution < 1.29 is 8.42 Å². The first-order chi connectivity index (χ1) is 10.8. The molecule has 0 aliphatic carbocycles. The second kappa shape index (κ2) is 5.61. The maximum absolute atomic E-state index is 12.8. The number of nitrogens with zero attached hydrogens (tertiary/aromatic N) is 3. The number of hydrogen-bond acceptors (Lipinski definition) is 5. The summed E-state index contributed by atoms with van der Waals surface area (Å²) < 4.78 is 29.7. The van der Waals surface area contributed by atoms with Crippen LogP contribution in [-0.4, -0.2) is 23.0 Å². The first kappa shape index (κ1) is 15.9. The van der Waals surface area contributed by atoms with Crippen LogP contribution in [0.5, 0.6) is 0 Å². The lowest BCUT2D eigenvalue weighted by Gasteiger charge is -2.10. The second-order valence-corrected chi connectivity index (χ2v) is 8.11. The maximum Gasteiger partial charge on any atom is 0.281 e. The topological polar surface area (TPSA) is 76.4 Å². The minimum Gasteiger partial charge on any atom is -0.278 e. The quantitative estimate of drug-likeness (QED) is 0.784. The van der Waals surface area contributed by atoms with E-state index in [0.717, 1.165) is 22.6 Å². The van der Waals surface area contributed by atoms with Crippen LogP contribution < -0.4 is 4.72 Å². The van der Waals surface area contributed by atoms with Gasteiger partial charge in [0, 0.05) is 0 Å². The largest absolute Gasteiger partial charge is 0.281 e. The van der Waals surface area contributed by atoms with Gasteiger partial charge in [0.05, 0.1) is 11.4 Å². The van der Waals surface area contributed by atoms with Crippen molar-refractivity contribution in [3.63, 3.8) is 0 Å². The van der Waals surface area contributed by atoms with Crippen LogP contribution in [0.25, 0.3) is 4.96 Å². The normalized spacial score (nSPS) is 12.0. The third kappa shape index (κ3) is 2.84. The summed E-state index contributed by atoms with van der Waals surface area (Å²) in [6, 6.07) is 5.59. The molecule has 0 unspecified atom stereocenters. The van der Waals surface area contributed by atoms with Crippen LogP contribution in [0, 0.1) is 20.8 Å². The van der Waals surface area contributed by atoms with Gasteiger partial charge in [-0.05, 0) is 38.8 Å². The highest BCUT2D eigenvalue weighted by Gasteiger charge is 2.26. The number of fused-ring (bicyclic) bond motifs is 1. The van der Waals surface area contributed by atoms with Gasteiger partial charge in [-0.1, -0.05) is 36.0 Å². The summed E-state index contributed by atoms with van der Waals surface area (Å²) in [5, 5.41) is 5.31. The Labute approximate surface area is 139 Å². The Balaban J connectivity index is 2.08. The zero-order valence-electron chi connectivity index (χ0n) is 13.4. The van der Waals surface area contributed by atoms with Gasteiger partial charge >= 0.3 is 0 Å². The van der Waals surface area contributed by atoms with Crippen molar-refractivity contribution in [3.05, 3.63) is 40.0 Å². The zero-order valence-corrected chi connectivity index (χ0v) is 15.0. The average Bonchev–Trinajstić information content (AvgIpc) is 2.97. The van der Waals surface area contributed by atoms with Crippen LogP contribution in [0.4, 0.5) is 5.69 Å². The summed E-state index contributed by atoms with van der Waals surface area (Å²) in [7, 11) is -3.76. The van der Waals surface area contributed by atoms with E-state index < -0.39 is 10.0 Å². The van der Waals surface area contributed by atoms with Gasteiger partial charge in [0.15, 0.2) is 0 Å². The van der Waals surface area contributed by atoms with E-state index in [1.165, 1.54) is 15.9 Å². The van der Waals surface area contributed by atoms with E-state index in [9.17, 15) is 8.42 Å². The van der Waals surface area contributed by atoms with E-state index in [2.05, 4.69) is 14.8 Å². The molecule has 8 heteroatoms. The molecule has 0 amide bonds. The standard InChI is InChI=1S/C15H18N4O2S2/c1-5-13-17-19-14(11(4)16-15(19)22-13)23(20,21)18-12-7-6-9(2)8-10(12)3/h6-8,18H,5H2,1-4H3. The molecular weight excluding hydrogens is 332 g/mol. The van der Waals surface area contributed by atoms with Gasteiger partial charge in [0.25, 0.3) is 10.0 Å². The van der Waals surface area contributed by atoms with Gasteiger partial charge in [-0.25, -0.2) is 4.98 Å². The fourth-order valence-corrected chi connectivity index (χ4v) is 4.78. The monoisotopic (exact) mass is 350 g/mol. The number of hydrogen-bond donors (Lipinski definition) is 1. The molecule has 3 aromatic rings. The molecule has 0 spiro atoms. The number of aryl methyl sites for hydroxylation is 4. The molecule has 0 saturated heterocycles. The number of rotatable bonds is 4. The number of benzene rings is 1. The second-order valence-electron chi connectivity index (χ2n) is 5.47. The van der Waals surface area contributed by atoms with E-state index in [1.807, 2.05) is 32.9 Å². The molecule has 2 heterocycles. The fourth-order valence-electron chi connectivity index (χ4n) is 2.44. The van der Waals surface area contributed by atoms with Crippen molar-refractivity contribution in [1.29, 1.82) is 0 Å². The lowest BCUT2D eigenvalue weighted by atomic mass is 10.1. The molecular formula is C15H18N4O2S2. The van der Waals surface area contributed by atoms with E-state index in [-0.39, 0.29) is 5.03 Å². The fraction of sp³-hybridized carbons (Fsp3) is 0.333. The molecule has 3 rings (SSSR count). The lowest BCUT2D eigenvalue weighted by molar-refractivity contribution is 0.592. The summed E-state index contributed by atoms with van der Waals surface area (Å²) in [5.74, 6) is 0. The average molecular weight is 350 g/mol. The van der Waals surface area contributed by atoms with Crippen molar-refractivity contribution in [2.24, 2.45) is 0 Å². The number of aromatic nitrogens is 3. The van der Waals surface area contributed by atoms with Gasteiger partial charge in [0.2, 0.25) is 9.99 Å². The molecule has 0 atom stereocenters. The van der Waals surface area contributed by atoms with Crippen LogP contribution in [0.2, 0.25) is 0 Å². The summed E-state index contributed by atoms with van der Waals surface area (Å²) in [4.78, 5) is 4.92. The summed E-state index contributed by atoms with van der Waals surface area (Å²) in [5.41, 5.74) is 2.97. The predicted molar refractivity (Wildman–Crippen MR) is 91.7 cm³/mol. The first-order valence-electron chi connectivity index (χ1n) is 7.27. The molecule has 0 aliphatic rings. The minimum absolute atomic E-state index is 0.100. The Hall–Kier alpha value is -1.93. The lowest BCUT2D eigenvalue weighted by Crippen LogP contribution is -2.17. The van der Waals surface area contributed by atoms with Crippen molar-refractivity contribution in [2.75, 3.05) is 4.72 Å². The van der Waals surface area contributed by atoms with Crippen molar-refractivity contribution >= 4 is 32.0 Å². The van der Waals surface area contributed by atoms with E-state index in [0.29, 0.717) is 16.3 Å². The molecule has 23 heavy (non-hydrogen) atoms. The van der Waals surface area contributed by atoms with Gasteiger partial charge in [-0.2, -0.15) is 18.0 Å². The number of anilines is 1. The van der Waals surface area contributed by atoms with Gasteiger partial charge < -0.3 is 0 Å². The Morgan fingerprint density at radius 1 is 1.26 bits per heavy atom. The zero-order chi connectivity index (χ0) is 16.8. The Bertz CT molecular complexity index is 986. The molecule has 1 aromatic carbocycles. The van der Waals surface area contributed by atoms with Gasteiger partial charge in [-0.3, -0.25) is 4.72 Å². The van der Waals surface area contributed by atoms with Crippen LogP contribution in [0.15, 0.2) is 23.2 Å². The van der Waals surface area contributed by atoms with Crippen LogP contribution >= 0.6 is 11.3 Å². The smallest absolute Gasteiger partial charge is 0.278 e. The molecule has 0 fully saturated rings. The highest BCUT2D eigenvalue weighted by molar-refractivity contribution is 7.92. The molecule has 122 valence electrons. The predicted octanol–water partition coefficient (Wildman–Crippen LogP) is 3.08. The number of sulfonamides is 1. The first-order valence-corrected chi connectivity index (χ1v) is 9.57. The molecule has 0 radical (unpaired) electrons. The van der Waals surface area contributed by atoms with E-state index in [1.54, 1.807) is 13.0 Å². The Morgan fingerprint density at radius 2 is 2.00 bits per heavy atom. The maximum atomic E-state index is 12.8. The summed E-state index contributed by atoms with van der Waals surface area (Å²) in [6.45, 7) is 7.51. The van der Waals surface area contributed by atoms with E-state index in [4.69, 9.17) is 0 Å². The van der Waals surface area contributed by atoms with Gasteiger partial charge in [0.1, 0.15) is 5.01 Å². The van der Waals surface area contributed by atoms with Crippen molar-refractivity contribution in [3.8, 4) is 0 Å². The minimum atomic E-state index is -3.76. The third-order valence-electron chi connectivity index (χ3n) is 3.55. The molecule has 0 saturated carbocycles. The van der Waals surface area contributed by atoms with E-state index >= 15 is 0 Å².